The minimum absolute atomic E-state index is 0.677. The van der Waals surface area contributed by atoms with Crippen molar-refractivity contribution in [1.82, 2.24) is 5.32 Å². The molecule has 1 fully saturated rings. The lowest BCUT2D eigenvalue weighted by atomic mass is 9.86. The fourth-order valence-electron chi connectivity index (χ4n) is 2.25. The third-order valence-electron chi connectivity index (χ3n) is 3.23. The van der Waals surface area contributed by atoms with E-state index in [2.05, 4.69) is 24.2 Å². The van der Waals surface area contributed by atoms with Crippen molar-refractivity contribution < 1.29 is 0 Å². The smallest absolute Gasteiger partial charge is 0.157 e. The van der Waals surface area contributed by atoms with E-state index < -0.39 is 0 Å². The van der Waals surface area contributed by atoms with Crippen LogP contribution in [0.2, 0.25) is 0 Å². The first-order valence-corrected chi connectivity index (χ1v) is 6.61. The summed E-state index contributed by atoms with van der Waals surface area (Å²) in [6.07, 6.45) is 5.51. The molecule has 2 rings (SSSR count). The summed E-state index contributed by atoms with van der Waals surface area (Å²) in [4.78, 5) is 4.51. The zero-order valence-electron chi connectivity index (χ0n) is 9.12. The highest BCUT2D eigenvalue weighted by molar-refractivity contribution is 8.14. The van der Waals surface area contributed by atoms with E-state index in [0.717, 1.165) is 12.5 Å². The monoisotopic (exact) mass is 212 g/mol. The molecule has 2 nitrogen and oxygen atoms in total. The molecule has 0 spiro atoms. The average Bonchev–Trinajstić information content (AvgIpc) is 2.56. The van der Waals surface area contributed by atoms with Crippen LogP contribution in [0, 0.1) is 5.92 Å². The molecule has 0 saturated heterocycles. The predicted molar refractivity (Wildman–Crippen MR) is 63.9 cm³/mol. The van der Waals surface area contributed by atoms with E-state index >= 15 is 0 Å². The van der Waals surface area contributed by atoms with Crippen LogP contribution in [0.15, 0.2) is 4.99 Å². The molecule has 0 aromatic heterocycles. The van der Waals surface area contributed by atoms with Gasteiger partial charge in [-0.25, -0.2) is 0 Å². The van der Waals surface area contributed by atoms with Crippen molar-refractivity contribution in [2.24, 2.45) is 10.9 Å². The van der Waals surface area contributed by atoms with Gasteiger partial charge in [0.15, 0.2) is 5.17 Å². The molecule has 2 aliphatic rings. The van der Waals surface area contributed by atoms with Gasteiger partial charge in [0.2, 0.25) is 0 Å². The van der Waals surface area contributed by atoms with Gasteiger partial charge < -0.3 is 5.32 Å². The SMILES string of the molecule is C[C@H]1CN=C(N[C@H]2CCCC[C@@H]2C)S1. The van der Waals surface area contributed by atoms with Crippen LogP contribution in [0.4, 0.5) is 0 Å². The van der Waals surface area contributed by atoms with E-state index in [1.165, 1.54) is 30.9 Å². The summed E-state index contributed by atoms with van der Waals surface area (Å²) < 4.78 is 0. The van der Waals surface area contributed by atoms with E-state index in [4.69, 9.17) is 0 Å². The number of aliphatic imine (C=N–C) groups is 1. The summed E-state index contributed by atoms with van der Waals surface area (Å²) in [7, 11) is 0. The number of amidine groups is 1. The quantitative estimate of drug-likeness (QED) is 0.722. The molecule has 0 bridgehead atoms. The summed E-state index contributed by atoms with van der Waals surface area (Å²) in [5.41, 5.74) is 0. The van der Waals surface area contributed by atoms with Gasteiger partial charge in [-0.15, -0.1) is 0 Å². The van der Waals surface area contributed by atoms with Gasteiger partial charge in [-0.3, -0.25) is 4.99 Å². The number of nitrogens with one attached hydrogen (secondary N) is 1. The Hall–Kier alpha value is -0.180. The zero-order chi connectivity index (χ0) is 9.97. The van der Waals surface area contributed by atoms with Gasteiger partial charge >= 0.3 is 0 Å². The molecule has 0 amide bonds. The summed E-state index contributed by atoms with van der Waals surface area (Å²) >= 11 is 1.90. The van der Waals surface area contributed by atoms with Crippen LogP contribution in [-0.2, 0) is 0 Å². The molecular formula is C11H20N2S. The molecule has 0 aromatic carbocycles. The van der Waals surface area contributed by atoms with Gasteiger partial charge in [-0.1, -0.05) is 38.5 Å². The Balaban J connectivity index is 1.84. The molecule has 80 valence electrons. The lowest BCUT2D eigenvalue weighted by molar-refractivity contribution is 0.310. The Morgan fingerprint density at radius 2 is 2.07 bits per heavy atom. The third-order valence-corrected chi connectivity index (χ3v) is 4.25. The predicted octanol–water partition coefficient (Wildman–Crippen LogP) is 2.65. The molecule has 0 unspecified atom stereocenters. The van der Waals surface area contributed by atoms with Crippen LogP contribution in [0.25, 0.3) is 0 Å². The Morgan fingerprint density at radius 1 is 1.29 bits per heavy atom. The molecule has 1 aliphatic heterocycles. The average molecular weight is 212 g/mol. The number of hydrogen-bond acceptors (Lipinski definition) is 3. The number of thioether (sulfide) groups is 1. The van der Waals surface area contributed by atoms with Crippen molar-refractivity contribution in [1.29, 1.82) is 0 Å². The van der Waals surface area contributed by atoms with E-state index in [9.17, 15) is 0 Å². The third kappa shape index (κ3) is 2.44. The van der Waals surface area contributed by atoms with Crippen molar-refractivity contribution in [3.05, 3.63) is 0 Å². The molecule has 0 radical (unpaired) electrons. The largest absolute Gasteiger partial charge is 0.362 e. The highest BCUT2D eigenvalue weighted by atomic mass is 32.2. The minimum atomic E-state index is 0.677. The van der Waals surface area contributed by atoms with Crippen molar-refractivity contribution in [3.63, 3.8) is 0 Å². The van der Waals surface area contributed by atoms with E-state index in [1.54, 1.807) is 0 Å². The topological polar surface area (TPSA) is 24.4 Å². The molecule has 3 heteroatoms. The van der Waals surface area contributed by atoms with E-state index in [0.29, 0.717) is 11.3 Å². The molecule has 1 aliphatic carbocycles. The Morgan fingerprint density at radius 3 is 2.71 bits per heavy atom. The van der Waals surface area contributed by atoms with Crippen LogP contribution in [0.1, 0.15) is 39.5 Å². The summed E-state index contributed by atoms with van der Waals surface area (Å²) in [5, 5.41) is 5.48. The minimum Gasteiger partial charge on any atom is -0.362 e. The fourth-order valence-corrected chi connectivity index (χ4v) is 3.14. The van der Waals surface area contributed by atoms with Crippen molar-refractivity contribution in [3.8, 4) is 0 Å². The Bertz CT molecular complexity index is 227. The normalized spacial score (nSPS) is 38.1. The Labute approximate surface area is 90.9 Å². The highest BCUT2D eigenvalue weighted by Crippen LogP contribution is 2.26. The van der Waals surface area contributed by atoms with Gasteiger partial charge in [0.05, 0.1) is 6.54 Å². The maximum absolute atomic E-state index is 4.51. The van der Waals surface area contributed by atoms with Gasteiger partial charge in [0, 0.05) is 11.3 Å². The van der Waals surface area contributed by atoms with Gasteiger partial charge in [0.1, 0.15) is 0 Å². The second kappa shape index (κ2) is 4.56. The van der Waals surface area contributed by atoms with Crippen LogP contribution in [0.3, 0.4) is 0 Å². The summed E-state index contributed by atoms with van der Waals surface area (Å²) in [5.74, 6) is 0.822. The highest BCUT2D eigenvalue weighted by Gasteiger charge is 2.24. The van der Waals surface area contributed by atoms with Crippen molar-refractivity contribution >= 4 is 16.9 Å². The van der Waals surface area contributed by atoms with E-state index in [-0.39, 0.29) is 0 Å². The molecule has 1 saturated carbocycles. The first-order chi connectivity index (χ1) is 6.75. The lowest BCUT2D eigenvalue weighted by Crippen LogP contribution is -2.39. The first kappa shape index (κ1) is 10.3. The second-order valence-corrected chi connectivity index (χ2v) is 6.01. The van der Waals surface area contributed by atoms with Crippen LogP contribution in [0.5, 0.6) is 0 Å². The second-order valence-electron chi connectivity index (χ2n) is 4.59. The molecular weight excluding hydrogens is 192 g/mol. The summed E-state index contributed by atoms with van der Waals surface area (Å²) in [6.45, 7) is 5.60. The summed E-state index contributed by atoms with van der Waals surface area (Å²) in [6, 6.07) is 0.681. The molecule has 3 atom stereocenters. The van der Waals surface area contributed by atoms with Crippen LogP contribution >= 0.6 is 11.8 Å². The van der Waals surface area contributed by atoms with Gasteiger partial charge in [-0.05, 0) is 18.8 Å². The number of nitrogens with zero attached hydrogens (tertiary/aromatic N) is 1. The molecule has 14 heavy (non-hydrogen) atoms. The van der Waals surface area contributed by atoms with Gasteiger partial charge in [0.25, 0.3) is 0 Å². The Kier molecular flexibility index (Phi) is 3.37. The molecule has 1 N–H and O–H groups in total. The maximum atomic E-state index is 4.51. The molecule has 0 aromatic rings. The lowest BCUT2D eigenvalue weighted by Gasteiger charge is -2.30. The first-order valence-electron chi connectivity index (χ1n) is 5.73. The van der Waals surface area contributed by atoms with Crippen LogP contribution < -0.4 is 5.32 Å². The van der Waals surface area contributed by atoms with E-state index in [1.807, 2.05) is 11.8 Å². The number of hydrogen-bond donors (Lipinski definition) is 1. The maximum Gasteiger partial charge on any atom is 0.157 e. The van der Waals surface area contributed by atoms with Crippen LogP contribution in [-0.4, -0.2) is 23.0 Å². The standard InChI is InChI=1S/C11H20N2S/c1-8-5-3-4-6-10(8)13-11-12-7-9(2)14-11/h8-10H,3-7H2,1-2H3,(H,12,13)/t8-,9-,10-/m0/s1. The fraction of sp³-hybridized carbons (Fsp3) is 0.909. The van der Waals surface area contributed by atoms with Crippen molar-refractivity contribution in [2.75, 3.05) is 6.54 Å². The zero-order valence-corrected chi connectivity index (χ0v) is 9.94. The molecule has 1 heterocycles. The number of rotatable bonds is 1. The van der Waals surface area contributed by atoms with Crippen molar-refractivity contribution in [2.45, 2.75) is 50.8 Å². The van der Waals surface area contributed by atoms with Gasteiger partial charge in [-0.2, -0.15) is 0 Å².